The Morgan fingerprint density at radius 1 is 1.50 bits per heavy atom. The van der Waals surface area contributed by atoms with Crippen molar-refractivity contribution in [1.29, 1.82) is 0 Å². The maximum absolute atomic E-state index is 4.02. The van der Waals surface area contributed by atoms with Gasteiger partial charge in [0.15, 0.2) is 0 Å². The Balaban J connectivity index is 2.10. The van der Waals surface area contributed by atoms with Gasteiger partial charge in [0.25, 0.3) is 0 Å². The summed E-state index contributed by atoms with van der Waals surface area (Å²) in [5.74, 6) is 0.599. The summed E-state index contributed by atoms with van der Waals surface area (Å²) in [6.45, 7) is 2.03. The zero-order valence-electron chi connectivity index (χ0n) is 8.33. The molecule has 3 N–H and O–H groups in total. The van der Waals surface area contributed by atoms with Gasteiger partial charge in [-0.05, 0) is 24.7 Å². The molecule has 2 atom stereocenters. The molecule has 4 nitrogen and oxygen atoms in total. The Kier molecular flexibility index (Phi) is 3.08. The summed E-state index contributed by atoms with van der Waals surface area (Å²) in [6, 6.07) is 4.52. The number of nitrogens with one attached hydrogen (secondary N) is 3. The Labute approximate surface area is 84.1 Å². The lowest BCUT2D eigenvalue weighted by atomic mass is 9.96. The number of hydrogen-bond acceptors (Lipinski definition) is 4. The van der Waals surface area contributed by atoms with Gasteiger partial charge in [-0.2, -0.15) is 0 Å². The molecule has 1 aromatic rings. The summed E-state index contributed by atoms with van der Waals surface area (Å²) in [5, 5.41) is 3.21. The van der Waals surface area contributed by atoms with E-state index in [-0.39, 0.29) is 0 Å². The summed E-state index contributed by atoms with van der Waals surface area (Å²) in [5.41, 5.74) is 7.78. The molecule has 0 saturated carbocycles. The molecule has 1 aromatic heterocycles. The van der Waals surface area contributed by atoms with Gasteiger partial charge in [-0.15, -0.1) is 0 Å². The Morgan fingerprint density at radius 3 is 3.00 bits per heavy atom. The van der Waals surface area contributed by atoms with Crippen molar-refractivity contribution in [2.24, 2.45) is 5.92 Å². The fourth-order valence-electron chi connectivity index (χ4n) is 1.91. The van der Waals surface area contributed by atoms with Crippen molar-refractivity contribution in [3.05, 3.63) is 30.1 Å². The number of nitrogens with zero attached hydrogens (tertiary/aromatic N) is 1. The van der Waals surface area contributed by atoms with Gasteiger partial charge < -0.3 is 5.32 Å². The fourth-order valence-corrected chi connectivity index (χ4v) is 1.91. The van der Waals surface area contributed by atoms with Crippen LogP contribution in [-0.4, -0.2) is 25.1 Å². The highest BCUT2D eigenvalue weighted by Gasteiger charge is 2.27. The van der Waals surface area contributed by atoms with Crippen molar-refractivity contribution in [2.45, 2.75) is 6.04 Å². The van der Waals surface area contributed by atoms with E-state index in [1.54, 1.807) is 0 Å². The zero-order chi connectivity index (χ0) is 9.80. The highest BCUT2D eigenvalue weighted by Crippen LogP contribution is 2.23. The van der Waals surface area contributed by atoms with Crippen molar-refractivity contribution >= 4 is 0 Å². The van der Waals surface area contributed by atoms with Crippen LogP contribution in [0.15, 0.2) is 24.5 Å². The van der Waals surface area contributed by atoms with Gasteiger partial charge in [0.1, 0.15) is 0 Å². The molecule has 0 bridgehead atoms. The number of hydrazine groups is 1. The maximum Gasteiger partial charge on any atom is 0.0516 e. The molecular formula is C10H16N4. The van der Waals surface area contributed by atoms with Crippen LogP contribution in [-0.2, 0) is 0 Å². The molecule has 0 aromatic carbocycles. The molecule has 1 fully saturated rings. The molecule has 14 heavy (non-hydrogen) atoms. The standard InChI is InChI=1S/C10H16N4/c1-11-6-9-7-13-14-10(9)8-2-4-12-5-3-8/h2-5,9-11,13-14H,6-7H2,1H3. The average molecular weight is 192 g/mol. The third-order valence-electron chi connectivity index (χ3n) is 2.62. The van der Waals surface area contributed by atoms with Crippen LogP contribution < -0.4 is 16.2 Å². The van der Waals surface area contributed by atoms with Crippen LogP contribution in [0.1, 0.15) is 11.6 Å². The summed E-state index contributed by atoms with van der Waals surface area (Å²) >= 11 is 0. The van der Waals surface area contributed by atoms with Crippen molar-refractivity contribution in [3.8, 4) is 0 Å². The molecule has 1 aliphatic rings. The van der Waals surface area contributed by atoms with Gasteiger partial charge in [0.05, 0.1) is 6.04 Å². The Morgan fingerprint density at radius 2 is 2.29 bits per heavy atom. The van der Waals surface area contributed by atoms with Crippen LogP contribution in [0.2, 0.25) is 0 Å². The largest absolute Gasteiger partial charge is 0.319 e. The van der Waals surface area contributed by atoms with E-state index in [9.17, 15) is 0 Å². The van der Waals surface area contributed by atoms with Crippen molar-refractivity contribution in [2.75, 3.05) is 20.1 Å². The minimum Gasteiger partial charge on any atom is -0.319 e. The van der Waals surface area contributed by atoms with Gasteiger partial charge in [-0.3, -0.25) is 10.4 Å². The first-order chi connectivity index (χ1) is 6.92. The summed E-state index contributed by atoms with van der Waals surface area (Å²) in [7, 11) is 1.99. The molecule has 2 rings (SSSR count). The molecule has 1 aliphatic heterocycles. The smallest absolute Gasteiger partial charge is 0.0516 e. The molecule has 76 valence electrons. The minimum atomic E-state index is 0.394. The van der Waals surface area contributed by atoms with Gasteiger partial charge >= 0.3 is 0 Å². The van der Waals surface area contributed by atoms with Crippen LogP contribution in [0.25, 0.3) is 0 Å². The van der Waals surface area contributed by atoms with Crippen LogP contribution in [0.4, 0.5) is 0 Å². The van der Waals surface area contributed by atoms with Gasteiger partial charge in [-0.1, -0.05) is 0 Å². The van der Waals surface area contributed by atoms with E-state index in [0.29, 0.717) is 12.0 Å². The topological polar surface area (TPSA) is 49.0 Å². The lowest BCUT2D eigenvalue weighted by molar-refractivity contribution is 0.457. The molecule has 4 heteroatoms. The van der Waals surface area contributed by atoms with Crippen LogP contribution in [0, 0.1) is 5.92 Å². The predicted octanol–water partition coefficient (Wildman–Crippen LogP) is 0.0661. The van der Waals surface area contributed by atoms with Gasteiger partial charge in [0, 0.05) is 31.4 Å². The van der Waals surface area contributed by atoms with Gasteiger partial charge in [-0.25, -0.2) is 5.43 Å². The minimum absolute atomic E-state index is 0.394. The highest BCUT2D eigenvalue weighted by molar-refractivity contribution is 5.17. The monoisotopic (exact) mass is 192 g/mol. The number of hydrogen-bond donors (Lipinski definition) is 3. The third kappa shape index (κ3) is 1.92. The second-order valence-electron chi connectivity index (χ2n) is 3.60. The lowest BCUT2D eigenvalue weighted by Crippen LogP contribution is -2.27. The van der Waals surface area contributed by atoms with E-state index in [0.717, 1.165) is 13.1 Å². The van der Waals surface area contributed by atoms with Crippen LogP contribution >= 0.6 is 0 Å². The molecule has 0 spiro atoms. The highest BCUT2D eigenvalue weighted by atomic mass is 15.4. The third-order valence-corrected chi connectivity index (χ3v) is 2.62. The van der Waals surface area contributed by atoms with Crippen molar-refractivity contribution in [3.63, 3.8) is 0 Å². The van der Waals surface area contributed by atoms with E-state index >= 15 is 0 Å². The molecule has 0 amide bonds. The predicted molar refractivity (Wildman–Crippen MR) is 55.5 cm³/mol. The Hall–Kier alpha value is -0.970. The maximum atomic E-state index is 4.02. The number of rotatable bonds is 3. The fraction of sp³-hybridized carbons (Fsp3) is 0.500. The second-order valence-corrected chi connectivity index (χ2v) is 3.60. The summed E-state index contributed by atoms with van der Waals surface area (Å²) in [4.78, 5) is 4.02. The van der Waals surface area contributed by atoms with E-state index in [1.165, 1.54) is 5.56 Å². The molecule has 0 radical (unpaired) electrons. The first-order valence-electron chi connectivity index (χ1n) is 4.94. The Bertz CT molecular complexity index is 275. The lowest BCUT2D eigenvalue weighted by Gasteiger charge is -2.17. The number of pyridine rings is 1. The van der Waals surface area contributed by atoms with E-state index in [1.807, 2.05) is 19.4 Å². The SMILES string of the molecule is CNCC1CNNC1c1ccncc1. The number of aromatic nitrogens is 1. The van der Waals surface area contributed by atoms with E-state index in [4.69, 9.17) is 0 Å². The van der Waals surface area contributed by atoms with Crippen LogP contribution in [0.3, 0.4) is 0 Å². The first kappa shape index (κ1) is 9.58. The summed E-state index contributed by atoms with van der Waals surface area (Å²) in [6.07, 6.45) is 3.68. The van der Waals surface area contributed by atoms with E-state index < -0.39 is 0 Å². The van der Waals surface area contributed by atoms with Crippen molar-refractivity contribution in [1.82, 2.24) is 21.2 Å². The molecule has 0 aliphatic carbocycles. The molecular weight excluding hydrogens is 176 g/mol. The van der Waals surface area contributed by atoms with Crippen molar-refractivity contribution < 1.29 is 0 Å². The second kappa shape index (κ2) is 4.50. The van der Waals surface area contributed by atoms with Crippen LogP contribution in [0.5, 0.6) is 0 Å². The first-order valence-corrected chi connectivity index (χ1v) is 4.94. The average Bonchev–Trinajstić information content (AvgIpc) is 2.68. The molecule has 1 saturated heterocycles. The quantitative estimate of drug-likeness (QED) is 0.634. The molecule has 2 heterocycles. The normalized spacial score (nSPS) is 26.6. The summed E-state index contributed by atoms with van der Waals surface area (Å²) < 4.78 is 0. The molecule has 2 unspecified atom stereocenters. The zero-order valence-corrected chi connectivity index (χ0v) is 8.33. The van der Waals surface area contributed by atoms with E-state index in [2.05, 4.69) is 33.3 Å². The van der Waals surface area contributed by atoms with Gasteiger partial charge in [0.2, 0.25) is 0 Å².